The van der Waals surface area contributed by atoms with Gasteiger partial charge in [-0.25, -0.2) is 4.68 Å². The summed E-state index contributed by atoms with van der Waals surface area (Å²) in [5, 5.41) is 15.5. The van der Waals surface area contributed by atoms with Gasteiger partial charge in [0.2, 0.25) is 0 Å². The van der Waals surface area contributed by atoms with Gasteiger partial charge in [-0.15, -0.1) is 5.10 Å². The Balaban J connectivity index is 1.83. The maximum atomic E-state index is 4.23. The van der Waals surface area contributed by atoms with E-state index in [0.29, 0.717) is 0 Å². The summed E-state index contributed by atoms with van der Waals surface area (Å²) >= 11 is 0. The molecule has 1 N–H and O–H groups in total. The molecule has 6 nitrogen and oxygen atoms in total. The third-order valence-electron chi connectivity index (χ3n) is 2.46. The molecule has 17 heavy (non-hydrogen) atoms. The van der Waals surface area contributed by atoms with Gasteiger partial charge in [-0.05, 0) is 18.9 Å². The first-order chi connectivity index (χ1) is 8.29. The lowest BCUT2D eigenvalue weighted by atomic mass is 10.4. The Bertz CT molecular complexity index is 458. The van der Waals surface area contributed by atoms with Gasteiger partial charge in [0.25, 0.3) is 0 Å². The van der Waals surface area contributed by atoms with E-state index in [0.717, 1.165) is 31.9 Å². The van der Waals surface area contributed by atoms with Gasteiger partial charge in [0.15, 0.2) is 0 Å². The summed E-state index contributed by atoms with van der Waals surface area (Å²) in [6.07, 6.45) is 6.70. The van der Waals surface area contributed by atoms with Gasteiger partial charge in [-0.1, -0.05) is 12.1 Å². The molecule has 0 aromatic carbocycles. The fourth-order valence-corrected chi connectivity index (χ4v) is 1.66. The molecule has 6 heteroatoms. The third kappa shape index (κ3) is 3.05. The van der Waals surface area contributed by atoms with E-state index in [-0.39, 0.29) is 0 Å². The largest absolute Gasteiger partial charge is 0.367 e. The van der Waals surface area contributed by atoms with Crippen LogP contribution in [0.5, 0.6) is 0 Å². The van der Waals surface area contributed by atoms with E-state index in [4.69, 9.17) is 0 Å². The highest BCUT2D eigenvalue weighted by molar-refractivity contribution is 5.30. The van der Waals surface area contributed by atoms with Crippen LogP contribution in [0.15, 0.2) is 18.6 Å². The molecule has 0 radical (unpaired) electrons. The molecule has 0 aliphatic heterocycles. The minimum atomic E-state index is 0.818. The van der Waals surface area contributed by atoms with Crippen LogP contribution in [0.3, 0.4) is 0 Å². The smallest absolute Gasteiger partial charge is 0.144 e. The standard InChI is InChI=1S/C11H18N6/c1-3-5-17-11(8-13-15-17)12-4-6-16-9-10(2)7-14-16/h7-9,12H,3-6H2,1-2H3. The van der Waals surface area contributed by atoms with Crippen LogP contribution in [-0.2, 0) is 13.1 Å². The number of rotatable bonds is 6. The summed E-state index contributed by atoms with van der Waals surface area (Å²) in [7, 11) is 0. The lowest BCUT2D eigenvalue weighted by Crippen LogP contribution is -2.14. The second-order valence-corrected chi connectivity index (χ2v) is 4.05. The van der Waals surface area contributed by atoms with Crippen LogP contribution in [0.25, 0.3) is 0 Å². The van der Waals surface area contributed by atoms with E-state index in [1.807, 2.05) is 28.7 Å². The Hall–Kier alpha value is -1.85. The molecule has 0 bridgehead atoms. The number of nitrogens with one attached hydrogen (secondary N) is 1. The van der Waals surface area contributed by atoms with E-state index in [2.05, 4.69) is 27.7 Å². The highest BCUT2D eigenvalue weighted by Crippen LogP contribution is 2.04. The molecule has 2 aromatic heterocycles. The monoisotopic (exact) mass is 234 g/mol. The van der Waals surface area contributed by atoms with Gasteiger partial charge in [-0.2, -0.15) is 5.10 Å². The van der Waals surface area contributed by atoms with Crippen molar-refractivity contribution in [1.82, 2.24) is 24.8 Å². The quantitative estimate of drug-likeness (QED) is 0.818. The molecule has 0 aliphatic carbocycles. The van der Waals surface area contributed by atoms with Crippen LogP contribution in [-0.4, -0.2) is 31.3 Å². The van der Waals surface area contributed by atoms with Crippen molar-refractivity contribution < 1.29 is 0 Å². The molecule has 0 spiro atoms. The summed E-state index contributed by atoms with van der Waals surface area (Å²) in [5.74, 6) is 0.968. The molecule has 0 atom stereocenters. The average Bonchev–Trinajstić information content (AvgIpc) is 2.90. The lowest BCUT2D eigenvalue weighted by Gasteiger charge is -2.07. The summed E-state index contributed by atoms with van der Waals surface area (Å²) < 4.78 is 3.81. The zero-order valence-corrected chi connectivity index (χ0v) is 10.3. The third-order valence-corrected chi connectivity index (χ3v) is 2.46. The average molecular weight is 234 g/mol. The fraction of sp³-hybridized carbons (Fsp3) is 0.545. The van der Waals surface area contributed by atoms with Gasteiger partial charge in [-0.3, -0.25) is 4.68 Å². The number of aryl methyl sites for hydroxylation is 2. The van der Waals surface area contributed by atoms with E-state index in [1.54, 1.807) is 6.20 Å². The van der Waals surface area contributed by atoms with Crippen molar-refractivity contribution in [1.29, 1.82) is 0 Å². The zero-order valence-electron chi connectivity index (χ0n) is 10.3. The summed E-state index contributed by atoms with van der Waals surface area (Å²) in [4.78, 5) is 0. The van der Waals surface area contributed by atoms with Crippen LogP contribution in [0.4, 0.5) is 5.82 Å². The maximum Gasteiger partial charge on any atom is 0.144 e. The van der Waals surface area contributed by atoms with Crippen molar-refractivity contribution in [2.75, 3.05) is 11.9 Å². The van der Waals surface area contributed by atoms with Crippen LogP contribution in [0, 0.1) is 6.92 Å². The Morgan fingerprint density at radius 1 is 1.29 bits per heavy atom. The topological polar surface area (TPSA) is 60.6 Å². The van der Waals surface area contributed by atoms with Crippen LogP contribution in [0.2, 0.25) is 0 Å². The van der Waals surface area contributed by atoms with Crippen LogP contribution in [0.1, 0.15) is 18.9 Å². The Kier molecular flexibility index (Phi) is 3.74. The van der Waals surface area contributed by atoms with Crippen molar-refractivity contribution in [2.24, 2.45) is 0 Å². The van der Waals surface area contributed by atoms with Crippen molar-refractivity contribution in [3.8, 4) is 0 Å². The van der Waals surface area contributed by atoms with E-state index in [1.165, 1.54) is 5.56 Å². The van der Waals surface area contributed by atoms with Crippen molar-refractivity contribution in [2.45, 2.75) is 33.4 Å². The van der Waals surface area contributed by atoms with Gasteiger partial charge in [0, 0.05) is 19.3 Å². The lowest BCUT2D eigenvalue weighted by molar-refractivity contribution is 0.578. The second kappa shape index (κ2) is 5.47. The Morgan fingerprint density at radius 3 is 2.88 bits per heavy atom. The van der Waals surface area contributed by atoms with E-state index in [9.17, 15) is 0 Å². The SMILES string of the molecule is CCCn1nncc1NCCn1cc(C)cn1. The predicted octanol–water partition coefficient (Wildman–Crippen LogP) is 1.31. The fourth-order valence-electron chi connectivity index (χ4n) is 1.66. The first kappa shape index (κ1) is 11.6. The second-order valence-electron chi connectivity index (χ2n) is 4.05. The number of nitrogens with zero attached hydrogens (tertiary/aromatic N) is 5. The molecule has 0 saturated carbocycles. The van der Waals surface area contributed by atoms with Gasteiger partial charge in [0.05, 0.1) is 18.9 Å². The van der Waals surface area contributed by atoms with Crippen molar-refractivity contribution in [3.63, 3.8) is 0 Å². The number of anilines is 1. The highest BCUT2D eigenvalue weighted by Gasteiger charge is 2.01. The highest BCUT2D eigenvalue weighted by atomic mass is 15.5. The minimum Gasteiger partial charge on any atom is -0.367 e. The maximum absolute atomic E-state index is 4.23. The molecular formula is C11H18N6. The summed E-state index contributed by atoms with van der Waals surface area (Å²) in [6.45, 7) is 6.71. The molecule has 0 fully saturated rings. The Labute approximate surface area is 101 Å². The predicted molar refractivity (Wildman–Crippen MR) is 65.8 cm³/mol. The molecular weight excluding hydrogens is 216 g/mol. The Morgan fingerprint density at radius 2 is 2.18 bits per heavy atom. The van der Waals surface area contributed by atoms with Crippen LogP contribution < -0.4 is 5.32 Å². The normalized spacial score (nSPS) is 10.7. The summed E-state index contributed by atoms with van der Waals surface area (Å²) in [6, 6.07) is 0. The number of hydrogen-bond donors (Lipinski definition) is 1. The zero-order chi connectivity index (χ0) is 12.1. The molecule has 0 saturated heterocycles. The number of aromatic nitrogens is 5. The molecule has 92 valence electrons. The molecule has 2 aromatic rings. The van der Waals surface area contributed by atoms with Gasteiger partial charge in [0.1, 0.15) is 5.82 Å². The molecule has 0 amide bonds. The first-order valence-electron chi connectivity index (χ1n) is 5.91. The molecule has 0 aliphatic rings. The van der Waals surface area contributed by atoms with Gasteiger partial charge < -0.3 is 5.32 Å². The van der Waals surface area contributed by atoms with Crippen molar-refractivity contribution >= 4 is 5.82 Å². The van der Waals surface area contributed by atoms with E-state index >= 15 is 0 Å². The van der Waals surface area contributed by atoms with Gasteiger partial charge >= 0.3 is 0 Å². The minimum absolute atomic E-state index is 0.818. The summed E-state index contributed by atoms with van der Waals surface area (Å²) in [5.41, 5.74) is 1.18. The van der Waals surface area contributed by atoms with E-state index < -0.39 is 0 Å². The molecule has 2 heterocycles. The molecule has 0 unspecified atom stereocenters. The molecule has 2 rings (SSSR count). The van der Waals surface area contributed by atoms with Crippen molar-refractivity contribution in [3.05, 3.63) is 24.2 Å². The number of hydrogen-bond acceptors (Lipinski definition) is 4. The first-order valence-corrected chi connectivity index (χ1v) is 5.91. The van der Waals surface area contributed by atoms with Crippen LogP contribution >= 0.6 is 0 Å².